The Labute approximate surface area is 139 Å². The molecule has 1 aromatic heterocycles. The van der Waals surface area contributed by atoms with Crippen molar-refractivity contribution in [2.75, 3.05) is 18.5 Å². The van der Waals surface area contributed by atoms with Crippen molar-refractivity contribution in [1.29, 1.82) is 5.26 Å². The number of rotatable bonds is 4. The Kier molecular flexibility index (Phi) is 4.64. The number of aromatic nitrogens is 1. The average Bonchev–Trinajstić information content (AvgIpc) is 2.98. The molecule has 1 saturated carbocycles. The van der Waals surface area contributed by atoms with Crippen LogP contribution in [0.1, 0.15) is 38.2 Å². The summed E-state index contributed by atoms with van der Waals surface area (Å²) in [6.07, 6.45) is 5.11. The number of anilines is 1. The van der Waals surface area contributed by atoms with Crippen molar-refractivity contribution in [1.82, 2.24) is 4.98 Å². The maximum Gasteiger partial charge on any atom is 0.328 e. The minimum atomic E-state index is -0.593. The molecule has 24 heavy (non-hydrogen) atoms. The Bertz CT molecular complexity index is 665. The van der Waals surface area contributed by atoms with Gasteiger partial charge < -0.3 is 14.8 Å². The summed E-state index contributed by atoms with van der Waals surface area (Å²) in [6, 6.07) is 3.15. The molecular weight excluding hydrogens is 312 g/mol. The second-order valence-corrected chi connectivity index (χ2v) is 6.45. The highest BCUT2D eigenvalue weighted by atomic mass is 16.7. The number of nitrogens with zero attached hydrogens (tertiary/aromatic N) is 3. The van der Waals surface area contributed by atoms with E-state index in [0.29, 0.717) is 19.1 Å². The van der Waals surface area contributed by atoms with Gasteiger partial charge in [0.05, 0.1) is 11.5 Å². The molecule has 1 aliphatic heterocycles. The number of hydrogen-bond acceptors (Lipinski definition) is 7. The van der Waals surface area contributed by atoms with Crippen molar-refractivity contribution < 1.29 is 14.4 Å². The molecule has 1 aliphatic carbocycles. The van der Waals surface area contributed by atoms with Crippen molar-refractivity contribution >= 4 is 11.5 Å². The van der Waals surface area contributed by atoms with Crippen LogP contribution in [0.15, 0.2) is 12.3 Å². The van der Waals surface area contributed by atoms with Crippen molar-refractivity contribution in [2.24, 2.45) is 5.92 Å². The molecule has 1 spiro atoms. The zero-order valence-electron chi connectivity index (χ0n) is 13.5. The molecule has 0 unspecified atom stereocenters. The Hall–Kier alpha value is -2.24. The lowest BCUT2D eigenvalue weighted by atomic mass is 9.86. The topological polar surface area (TPSA) is 110 Å². The highest BCUT2D eigenvalue weighted by molar-refractivity contribution is 5.64. The average molecular weight is 332 g/mol. The molecule has 2 heterocycles. The lowest BCUT2D eigenvalue weighted by molar-refractivity contribution is -0.384. The molecule has 3 rings (SSSR count). The fourth-order valence-corrected chi connectivity index (χ4v) is 3.25. The first-order valence-corrected chi connectivity index (χ1v) is 8.12. The first kappa shape index (κ1) is 16.6. The van der Waals surface area contributed by atoms with Gasteiger partial charge in [-0.1, -0.05) is 6.92 Å². The van der Waals surface area contributed by atoms with Gasteiger partial charge in [0.15, 0.2) is 5.79 Å². The summed E-state index contributed by atoms with van der Waals surface area (Å²) in [5.74, 6) is 0.286. The lowest BCUT2D eigenvalue weighted by Crippen LogP contribution is -2.36. The molecule has 1 atom stereocenters. The fraction of sp³-hybridized carbons (Fsp3) is 0.625. The second kappa shape index (κ2) is 6.71. The summed E-state index contributed by atoms with van der Waals surface area (Å²) in [5, 5.41) is 23.1. The van der Waals surface area contributed by atoms with Crippen LogP contribution in [0.4, 0.5) is 11.5 Å². The smallest absolute Gasteiger partial charge is 0.328 e. The van der Waals surface area contributed by atoms with E-state index in [1.165, 1.54) is 12.3 Å². The van der Waals surface area contributed by atoms with Crippen LogP contribution in [0.25, 0.3) is 0 Å². The van der Waals surface area contributed by atoms with E-state index in [-0.39, 0.29) is 23.2 Å². The van der Waals surface area contributed by atoms with Crippen LogP contribution >= 0.6 is 0 Å². The molecule has 0 amide bonds. The van der Waals surface area contributed by atoms with Gasteiger partial charge in [0, 0.05) is 25.6 Å². The number of hydrogen-bond donors (Lipinski definition) is 1. The molecule has 0 bridgehead atoms. The van der Waals surface area contributed by atoms with E-state index in [4.69, 9.17) is 14.7 Å². The van der Waals surface area contributed by atoms with Crippen LogP contribution in [0.5, 0.6) is 0 Å². The van der Waals surface area contributed by atoms with Crippen LogP contribution in [0.3, 0.4) is 0 Å². The largest absolute Gasteiger partial charge is 0.362 e. The summed E-state index contributed by atoms with van der Waals surface area (Å²) in [7, 11) is 0. The van der Waals surface area contributed by atoms with Crippen molar-refractivity contribution in [3.63, 3.8) is 0 Å². The van der Waals surface area contributed by atoms with Gasteiger partial charge in [0.2, 0.25) is 5.82 Å². The summed E-state index contributed by atoms with van der Waals surface area (Å²) >= 11 is 0. The number of pyridine rings is 1. The van der Waals surface area contributed by atoms with E-state index in [1.54, 1.807) is 0 Å². The molecule has 1 aromatic rings. The van der Waals surface area contributed by atoms with E-state index in [1.807, 2.05) is 6.07 Å². The Balaban J connectivity index is 1.63. The highest BCUT2D eigenvalue weighted by Gasteiger charge is 2.43. The molecule has 1 saturated heterocycles. The quantitative estimate of drug-likeness (QED) is 0.666. The Morgan fingerprint density at radius 3 is 2.96 bits per heavy atom. The molecule has 2 fully saturated rings. The van der Waals surface area contributed by atoms with Crippen LogP contribution in [0, 0.1) is 27.4 Å². The van der Waals surface area contributed by atoms with E-state index >= 15 is 0 Å². The normalized spacial score (nSPS) is 29.3. The predicted molar refractivity (Wildman–Crippen MR) is 85.3 cm³/mol. The maximum atomic E-state index is 11.2. The SMILES string of the molecule is CC1CCC2(CC1)OC[C@H](CNc1nccc(C#N)c1[N+](=O)[O-])O2. The van der Waals surface area contributed by atoms with E-state index in [2.05, 4.69) is 17.2 Å². The van der Waals surface area contributed by atoms with E-state index in [0.717, 1.165) is 25.7 Å². The lowest BCUT2D eigenvalue weighted by Gasteiger charge is -2.34. The minimum absolute atomic E-state index is 0.0150. The van der Waals surface area contributed by atoms with Gasteiger partial charge >= 0.3 is 5.69 Å². The molecule has 0 aromatic carbocycles. The number of nitriles is 1. The highest BCUT2D eigenvalue weighted by Crippen LogP contribution is 2.40. The monoisotopic (exact) mass is 332 g/mol. The van der Waals surface area contributed by atoms with Gasteiger partial charge in [-0.3, -0.25) is 10.1 Å². The molecule has 2 aliphatic rings. The predicted octanol–water partition coefficient (Wildman–Crippen LogP) is 2.60. The van der Waals surface area contributed by atoms with Gasteiger partial charge in [0.1, 0.15) is 17.7 Å². The van der Waals surface area contributed by atoms with E-state index < -0.39 is 10.7 Å². The number of nitrogens with one attached hydrogen (secondary N) is 1. The zero-order chi connectivity index (χ0) is 17.2. The van der Waals surface area contributed by atoms with Crippen molar-refractivity contribution in [3.8, 4) is 6.07 Å². The van der Waals surface area contributed by atoms with E-state index in [9.17, 15) is 10.1 Å². The van der Waals surface area contributed by atoms with Crippen LogP contribution in [0.2, 0.25) is 0 Å². The third-order valence-electron chi connectivity index (χ3n) is 4.67. The summed E-state index contributed by atoms with van der Waals surface area (Å²) in [4.78, 5) is 14.6. The summed E-state index contributed by atoms with van der Waals surface area (Å²) < 4.78 is 12.0. The third kappa shape index (κ3) is 3.32. The molecule has 0 radical (unpaired) electrons. The molecular formula is C16H20N4O4. The minimum Gasteiger partial charge on any atom is -0.362 e. The fourth-order valence-electron chi connectivity index (χ4n) is 3.25. The van der Waals surface area contributed by atoms with Crippen LogP contribution in [-0.2, 0) is 9.47 Å². The standard InChI is InChI=1S/C16H20N4O4/c1-11-2-5-16(6-3-11)23-10-13(24-16)9-19-15-14(20(21)22)12(8-17)4-7-18-15/h4,7,11,13H,2-3,5-6,9-10H2,1H3,(H,18,19)/t11?,13-,16?/m0/s1. The molecule has 8 nitrogen and oxygen atoms in total. The van der Waals surface area contributed by atoms with Crippen molar-refractivity contribution in [3.05, 3.63) is 27.9 Å². The maximum absolute atomic E-state index is 11.2. The van der Waals surface area contributed by atoms with Gasteiger partial charge in [-0.15, -0.1) is 0 Å². The van der Waals surface area contributed by atoms with Gasteiger partial charge in [-0.25, -0.2) is 4.98 Å². The number of ether oxygens (including phenoxy) is 2. The zero-order valence-corrected chi connectivity index (χ0v) is 13.5. The molecule has 8 heteroatoms. The number of nitro groups is 1. The van der Waals surface area contributed by atoms with Crippen LogP contribution in [-0.4, -0.2) is 35.0 Å². The van der Waals surface area contributed by atoms with Crippen molar-refractivity contribution in [2.45, 2.75) is 44.5 Å². The van der Waals surface area contributed by atoms with Gasteiger partial charge in [0.25, 0.3) is 0 Å². The Morgan fingerprint density at radius 2 is 2.29 bits per heavy atom. The Morgan fingerprint density at radius 1 is 1.54 bits per heavy atom. The first-order chi connectivity index (χ1) is 11.5. The summed E-state index contributed by atoms with van der Waals surface area (Å²) in [5.41, 5.74) is -0.320. The van der Waals surface area contributed by atoms with Gasteiger partial charge in [-0.2, -0.15) is 5.26 Å². The molecule has 128 valence electrons. The second-order valence-electron chi connectivity index (χ2n) is 6.45. The summed E-state index contributed by atoms with van der Waals surface area (Å²) in [6.45, 7) is 3.03. The van der Waals surface area contributed by atoms with Crippen LogP contribution < -0.4 is 5.32 Å². The van der Waals surface area contributed by atoms with Gasteiger partial charge in [-0.05, 0) is 24.8 Å². The third-order valence-corrected chi connectivity index (χ3v) is 4.67. The molecule has 1 N–H and O–H groups in total. The first-order valence-electron chi connectivity index (χ1n) is 8.12.